The Labute approximate surface area is 96.6 Å². The van der Waals surface area contributed by atoms with E-state index in [1.165, 1.54) is 18.6 Å². The van der Waals surface area contributed by atoms with Crippen molar-refractivity contribution >= 4 is 29.3 Å². The number of ether oxygens (including phenoxy) is 1. The minimum Gasteiger partial charge on any atom is -0.468 e. The number of hydrogen-bond acceptors (Lipinski definition) is 7. The summed E-state index contributed by atoms with van der Waals surface area (Å²) in [5.74, 6) is 1.15. The molecule has 7 heteroatoms. The first-order valence-electron chi connectivity index (χ1n) is 4.40. The van der Waals surface area contributed by atoms with E-state index in [0.29, 0.717) is 6.42 Å². The van der Waals surface area contributed by atoms with Crippen molar-refractivity contribution < 1.29 is 9.53 Å². The highest BCUT2D eigenvalue weighted by molar-refractivity contribution is 8.00. The van der Waals surface area contributed by atoms with Crippen molar-refractivity contribution in [2.24, 2.45) is 5.73 Å². The maximum Gasteiger partial charge on any atom is 0.322 e. The molecule has 0 aliphatic rings. The van der Waals surface area contributed by atoms with Crippen molar-refractivity contribution in [3.8, 4) is 0 Å². The van der Waals surface area contributed by atoms with Crippen molar-refractivity contribution in [2.45, 2.75) is 23.7 Å². The van der Waals surface area contributed by atoms with Gasteiger partial charge in [0.2, 0.25) is 0 Å². The summed E-state index contributed by atoms with van der Waals surface area (Å²) in [6.45, 7) is 1.85. The third-order valence-electron chi connectivity index (χ3n) is 1.67. The lowest BCUT2D eigenvalue weighted by Crippen LogP contribution is -2.31. The van der Waals surface area contributed by atoms with E-state index in [9.17, 15) is 4.79 Å². The SMILES string of the molecule is COC(=O)C(N)CCSc1nc(C)ns1. The number of nitrogens with zero attached hydrogens (tertiary/aromatic N) is 2. The number of aromatic nitrogens is 2. The molecule has 5 nitrogen and oxygen atoms in total. The second-order valence-electron chi connectivity index (χ2n) is 2.87. The zero-order valence-electron chi connectivity index (χ0n) is 8.60. The molecule has 1 heterocycles. The van der Waals surface area contributed by atoms with Crippen molar-refractivity contribution in [3.05, 3.63) is 5.82 Å². The molecule has 0 saturated heterocycles. The van der Waals surface area contributed by atoms with Crippen molar-refractivity contribution in [3.63, 3.8) is 0 Å². The zero-order chi connectivity index (χ0) is 11.3. The Hall–Kier alpha value is -0.660. The van der Waals surface area contributed by atoms with Crippen LogP contribution in [0.1, 0.15) is 12.2 Å². The Morgan fingerprint density at radius 3 is 3.00 bits per heavy atom. The van der Waals surface area contributed by atoms with Gasteiger partial charge in [-0.15, -0.1) is 0 Å². The van der Waals surface area contributed by atoms with Gasteiger partial charge in [-0.2, -0.15) is 4.37 Å². The molecule has 0 fully saturated rings. The fourth-order valence-corrected chi connectivity index (χ4v) is 2.62. The molecule has 1 atom stereocenters. The topological polar surface area (TPSA) is 78.1 Å². The average molecular weight is 247 g/mol. The van der Waals surface area contributed by atoms with E-state index in [0.717, 1.165) is 15.9 Å². The lowest BCUT2D eigenvalue weighted by atomic mass is 10.2. The quantitative estimate of drug-likeness (QED) is 0.613. The first kappa shape index (κ1) is 12.4. The molecule has 0 spiro atoms. The summed E-state index contributed by atoms with van der Waals surface area (Å²) in [6.07, 6.45) is 0.579. The number of methoxy groups -OCH3 is 1. The van der Waals surface area contributed by atoms with Crippen LogP contribution in [0.3, 0.4) is 0 Å². The van der Waals surface area contributed by atoms with Gasteiger partial charge in [0, 0.05) is 5.75 Å². The monoisotopic (exact) mass is 247 g/mol. The minimum absolute atomic E-state index is 0.371. The van der Waals surface area contributed by atoms with E-state index in [2.05, 4.69) is 14.1 Å². The smallest absolute Gasteiger partial charge is 0.322 e. The highest BCUT2D eigenvalue weighted by Crippen LogP contribution is 2.20. The third kappa shape index (κ3) is 4.15. The molecule has 0 radical (unpaired) electrons. The molecule has 1 aromatic rings. The molecule has 1 rings (SSSR count). The number of thioether (sulfide) groups is 1. The number of carbonyl (C=O) groups excluding carboxylic acids is 1. The van der Waals surface area contributed by atoms with Crippen LogP contribution in [-0.2, 0) is 9.53 Å². The van der Waals surface area contributed by atoms with Gasteiger partial charge in [0.25, 0.3) is 0 Å². The van der Waals surface area contributed by atoms with Crippen LogP contribution in [0.4, 0.5) is 0 Å². The van der Waals surface area contributed by atoms with E-state index in [1.54, 1.807) is 11.8 Å². The van der Waals surface area contributed by atoms with Gasteiger partial charge in [0.15, 0.2) is 4.34 Å². The molecule has 0 amide bonds. The van der Waals surface area contributed by atoms with Gasteiger partial charge >= 0.3 is 5.97 Å². The van der Waals surface area contributed by atoms with Crippen LogP contribution in [0.2, 0.25) is 0 Å². The van der Waals surface area contributed by atoms with E-state index >= 15 is 0 Å². The van der Waals surface area contributed by atoms with Gasteiger partial charge in [-0.3, -0.25) is 4.79 Å². The Bertz CT molecular complexity index is 329. The average Bonchev–Trinajstić information content (AvgIpc) is 2.63. The summed E-state index contributed by atoms with van der Waals surface area (Å²) < 4.78 is 9.48. The van der Waals surface area contributed by atoms with Gasteiger partial charge in [0.05, 0.1) is 7.11 Å². The molecule has 0 bridgehead atoms. The van der Waals surface area contributed by atoms with Crippen LogP contribution in [0.5, 0.6) is 0 Å². The van der Waals surface area contributed by atoms with Gasteiger partial charge < -0.3 is 10.5 Å². The molecule has 1 aromatic heterocycles. The molecule has 0 aliphatic heterocycles. The molecule has 1 unspecified atom stereocenters. The number of rotatable bonds is 5. The Balaban J connectivity index is 2.24. The standard InChI is InChI=1S/C8H13N3O2S2/c1-5-10-8(15-11-5)14-4-3-6(9)7(12)13-2/h6H,3-4,9H2,1-2H3. The van der Waals surface area contributed by atoms with Crippen molar-refractivity contribution in [1.82, 2.24) is 9.36 Å². The highest BCUT2D eigenvalue weighted by atomic mass is 32.2. The molecule has 0 aliphatic carbocycles. The minimum atomic E-state index is -0.545. The van der Waals surface area contributed by atoms with E-state index in [-0.39, 0.29) is 5.97 Å². The molecular formula is C8H13N3O2S2. The number of esters is 1. The number of aryl methyl sites for hydroxylation is 1. The molecule has 84 valence electrons. The van der Waals surface area contributed by atoms with E-state index in [1.807, 2.05) is 6.92 Å². The molecular weight excluding hydrogens is 234 g/mol. The fraction of sp³-hybridized carbons (Fsp3) is 0.625. The van der Waals surface area contributed by atoms with E-state index in [4.69, 9.17) is 5.73 Å². The lowest BCUT2D eigenvalue weighted by molar-refractivity contribution is -0.142. The van der Waals surface area contributed by atoms with Crippen LogP contribution in [0.15, 0.2) is 4.34 Å². The molecule has 0 saturated carbocycles. The van der Waals surface area contributed by atoms with Crippen LogP contribution in [0, 0.1) is 6.92 Å². The normalized spacial score (nSPS) is 12.5. The Morgan fingerprint density at radius 2 is 2.47 bits per heavy atom. The fourth-order valence-electron chi connectivity index (χ4n) is 0.879. The van der Waals surface area contributed by atoms with Gasteiger partial charge in [0.1, 0.15) is 11.9 Å². The summed E-state index contributed by atoms with van der Waals surface area (Å²) in [5, 5.41) is 0. The van der Waals surface area contributed by atoms with Crippen LogP contribution in [0.25, 0.3) is 0 Å². The number of nitrogens with two attached hydrogens (primary N) is 1. The van der Waals surface area contributed by atoms with Crippen LogP contribution in [-0.4, -0.2) is 34.2 Å². The summed E-state index contributed by atoms with van der Waals surface area (Å²) in [6, 6.07) is -0.545. The second kappa shape index (κ2) is 6.04. The Morgan fingerprint density at radius 1 is 1.73 bits per heavy atom. The van der Waals surface area contributed by atoms with Crippen molar-refractivity contribution in [1.29, 1.82) is 0 Å². The molecule has 15 heavy (non-hydrogen) atoms. The van der Waals surface area contributed by atoms with Gasteiger partial charge in [-0.05, 0) is 24.9 Å². The third-order valence-corrected chi connectivity index (χ3v) is 3.63. The maximum absolute atomic E-state index is 11.0. The Kier molecular flexibility index (Phi) is 5.00. The lowest BCUT2D eigenvalue weighted by Gasteiger charge is -2.07. The van der Waals surface area contributed by atoms with Crippen molar-refractivity contribution in [2.75, 3.05) is 12.9 Å². The number of carbonyl (C=O) groups is 1. The predicted octanol–water partition coefficient (Wildman–Crippen LogP) is 0.829. The van der Waals surface area contributed by atoms with Gasteiger partial charge in [-0.1, -0.05) is 11.8 Å². The predicted molar refractivity (Wildman–Crippen MR) is 60.0 cm³/mol. The summed E-state index contributed by atoms with van der Waals surface area (Å²) in [4.78, 5) is 15.2. The molecule has 2 N–H and O–H groups in total. The summed E-state index contributed by atoms with van der Waals surface area (Å²) in [7, 11) is 1.34. The molecule has 0 aromatic carbocycles. The zero-order valence-corrected chi connectivity index (χ0v) is 10.2. The highest BCUT2D eigenvalue weighted by Gasteiger charge is 2.13. The summed E-state index contributed by atoms with van der Waals surface area (Å²) in [5.41, 5.74) is 5.58. The van der Waals surface area contributed by atoms with E-state index < -0.39 is 6.04 Å². The first-order valence-corrected chi connectivity index (χ1v) is 6.16. The van der Waals surface area contributed by atoms with Crippen LogP contribution >= 0.6 is 23.3 Å². The number of hydrogen-bond donors (Lipinski definition) is 1. The maximum atomic E-state index is 11.0. The van der Waals surface area contributed by atoms with Gasteiger partial charge in [-0.25, -0.2) is 4.98 Å². The first-order chi connectivity index (χ1) is 7.13. The summed E-state index contributed by atoms with van der Waals surface area (Å²) >= 11 is 2.91. The largest absolute Gasteiger partial charge is 0.468 e. The van der Waals surface area contributed by atoms with Crippen LogP contribution < -0.4 is 5.73 Å². The second-order valence-corrected chi connectivity index (χ2v) is 4.97.